The number of nitrogens with one attached hydrogen (secondary N) is 1. The highest BCUT2D eigenvalue weighted by Crippen LogP contribution is 2.27. The molecule has 2 fully saturated rings. The topological polar surface area (TPSA) is 50.2 Å². The van der Waals surface area contributed by atoms with E-state index in [1.54, 1.807) is 6.20 Å². The molecule has 1 saturated carbocycles. The summed E-state index contributed by atoms with van der Waals surface area (Å²) in [7, 11) is 1.90. The van der Waals surface area contributed by atoms with Gasteiger partial charge in [0.1, 0.15) is 0 Å². The predicted molar refractivity (Wildman–Crippen MR) is 83.0 cm³/mol. The third-order valence-electron chi connectivity index (χ3n) is 4.97. The van der Waals surface area contributed by atoms with Gasteiger partial charge in [-0.05, 0) is 32.2 Å². The van der Waals surface area contributed by atoms with Gasteiger partial charge >= 0.3 is 0 Å². The molecule has 116 valence electrons. The van der Waals surface area contributed by atoms with E-state index in [1.807, 2.05) is 17.8 Å². The summed E-state index contributed by atoms with van der Waals surface area (Å²) in [5.41, 5.74) is 0. The number of nitrogens with zero attached hydrogens (tertiary/aromatic N) is 3. The van der Waals surface area contributed by atoms with Gasteiger partial charge in [-0.1, -0.05) is 19.3 Å². The molecular weight excluding hydrogens is 264 g/mol. The first-order chi connectivity index (χ1) is 10.2. The highest BCUT2D eigenvalue weighted by Gasteiger charge is 2.30. The average Bonchev–Trinajstić information content (AvgIpc) is 2.93. The van der Waals surface area contributed by atoms with Crippen LogP contribution >= 0.6 is 0 Å². The standard InChI is InChI=1S/C16H26N4O/c1-19-11-9-17-16(19)18-15(21)13-6-5-10-20(12-13)14-7-3-2-4-8-14/h9,11,13-14H,2-8,10,12H2,1H3,(H,17,18,21). The number of likely N-dealkylation sites (tertiary alicyclic amines) is 1. The molecule has 5 heteroatoms. The van der Waals surface area contributed by atoms with Gasteiger partial charge < -0.3 is 4.57 Å². The van der Waals surface area contributed by atoms with Crippen LogP contribution in [0.15, 0.2) is 12.4 Å². The van der Waals surface area contributed by atoms with Gasteiger partial charge in [0.15, 0.2) is 0 Å². The van der Waals surface area contributed by atoms with Crippen LogP contribution in [0.3, 0.4) is 0 Å². The number of rotatable bonds is 3. The van der Waals surface area contributed by atoms with Gasteiger partial charge in [-0.3, -0.25) is 15.0 Å². The van der Waals surface area contributed by atoms with Gasteiger partial charge in [-0.15, -0.1) is 0 Å². The molecule has 1 aromatic heterocycles. The first-order valence-corrected chi connectivity index (χ1v) is 8.26. The van der Waals surface area contributed by atoms with E-state index in [-0.39, 0.29) is 11.8 Å². The third-order valence-corrected chi connectivity index (χ3v) is 4.97. The third kappa shape index (κ3) is 3.46. The number of carbonyl (C=O) groups is 1. The number of amides is 1. The molecule has 0 spiro atoms. The average molecular weight is 290 g/mol. The summed E-state index contributed by atoms with van der Waals surface area (Å²) in [6, 6.07) is 0.711. The Hall–Kier alpha value is -1.36. The van der Waals surface area contributed by atoms with Crippen molar-refractivity contribution in [2.24, 2.45) is 13.0 Å². The van der Waals surface area contributed by atoms with E-state index in [4.69, 9.17) is 0 Å². The smallest absolute Gasteiger partial charge is 0.231 e. The van der Waals surface area contributed by atoms with Crippen LogP contribution < -0.4 is 5.32 Å². The molecule has 21 heavy (non-hydrogen) atoms. The van der Waals surface area contributed by atoms with Crippen LogP contribution in [0.25, 0.3) is 0 Å². The number of aryl methyl sites for hydroxylation is 1. The maximum absolute atomic E-state index is 12.5. The molecule has 1 unspecified atom stereocenters. The number of hydrogen-bond acceptors (Lipinski definition) is 3. The minimum Gasteiger partial charge on any atom is -0.320 e. The van der Waals surface area contributed by atoms with E-state index in [1.165, 1.54) is 32.1 Å². The van der Waals surface area contributed by atoms with Gasteiger partial charge in [0.2, 0.25) is 11.9 Å². The number of carbonyl (C=O) groups excluding carboxylic acids is 1. The lowest BCUT2D eigenvalue weighted by Gasteiger charge is -2.39. The van der Waals surface area contributed by atoms with Crippen LogP contribution in [0, 0.1) is 5.92 Å². The fourth-order valence-electron chi connectivity index (χ4n) is 3.70. The Kier molecular flexibility index (Phi) is 4.58. The number of imidazole rings is 1. The lowest BCUT2D eigenvalue weighted by molar-refractivity contribution is -0.122. The van der Waals surface area contributed by atoms with Crippen LogP contribution in [0.4, 0.5) is 5.95 Å². The normalized spacial score (nSPS) is 24.9. The molecule has 1 N–H and O–H groups in total. The molecule has 1 aliphatic heterocycles. The van der Waals surface area contributed by atoms with E-state index >= 15 is 0 Å². The summed E-state index contributed by atoms with van der Waals surface area (Å²) in [5.74, 6) is 0.886. The van der Waals surface area contributed by atoms with Crippen LogP contribution in [0.5, 0.6) is 0 Å². The molecule has 1 amide bonds. The number of piperidine rings is 1. The van der Waals surface area contributed by atoms with Crippen LogP contribution in [-0.2, 0) is 11.8 Å². The Balaban J connectivity index is 1.57. The van der Waals surface area contributed by atoms with Crippen molar-refractivity contribution in [1.82, 2.24) is 14.5 Å². The number of hydrogen-bond donors (Lipinski definition) is 1. The summed E-state index contributed by atoms with van der Waals surface area (Å²) in [4.78, 5) is 19.2. The Morgan fingerprint density at radius 1 is 1.24 bits per heavy atom. The van der Waals surface area contributed by atoms with E-state index in [0.29, 0.717) is 12.0 Å². The fraction of sp³-hybridized carbons (Fsp3) is 0.750. The van der Waals surface area contributed by atoms with Crippen LogP contribution in [0.2, 0.25) is 0 Å². The first-order valence-electron chi connectivity index (χ1n) is 8.26. The molecule has 0 radical (unpaired) electrons. The second kappa shape index (κ2) is 6.60. The second-order valence-electron chi connectivity index (χ2n) is 6.48. The lowest BCUT2D eigenvalue weighted by Crippen LogP contribution is -2.46. The summed E-state index contributed by atoms with van der Waals surface area (Å²) < 4.78 is 1.85. The number of aromatic nitrogens is 2. The molecule has 3 rings (SSSR count). The van der Waals surface area contributed by atoms with Crippen molar-refractivity contribution in [1.29, 1.82) is 0 Å². The highest BCUT2D eigenvalue weighted by atomic mass is 16.2. The fourth-order valence-corrected chi connectivity index (χ4v) is 3.70. The van der Waals surface area contributed by atoms with Gasteiger partial charge in [0, 0.05) is 32.0 Å². The Morgan fingerprint density at radius 3 is 2.76 bits per heavy atom. The zero-order valence-corrected chi connectivity index (χ0v) is 12.9. The monoisotopic (exact) mass is 290 g/mol. The van der Waals surface area contributed by atoms with E-state index < -0.39 is 0 Å². The molecule has 0 aromatic carbocycles. The zero-order chi connectivity index (χ0) is 14.7. The van der Waals surface area contributed by atoms with Crippen LogP contribution in [0.1, 0.15) is 44.9 Å². The van der Waals surface area contributed by atoms with Crippen molar-refractivity contribution >= 4 is 11.9 Å². The molecule has 1 saturated heterocycles. The molecule has 1 aromatic rings. The lowest BCUT2D eigenvalue weighted by atomic mass is 9.90. The minimum absolute atomic E-state index is 0.109. The van der Waals surface area contributed by atoms with E-state index in [9.17, 15) is 4.79 Å². The summed E-state index contributed by atoms with van der Waals surface area (Å²) in [6.45, 7) is 2.08. The van der Waals surface area contributed by atoms with Crippen molar-refractivity contribution in [3.63, 3.8) is 0 Å². The van der Waals surface area contributed by atoms with Crippen molar-refractivity contribution in [3.05, 3.63) is 12.4 Å². The quantitative estimate of drug-likeness (QED) is 0.930. The summed E-state index contributed by atoms with van der Waals surface area (Å²) in [6.07, 6.45) is 12.4. The Morgan fingerprint density at radius 2 is 2.05 bits per heavy atom. The van der Waals surface area contributed by atoms with Gasteiger partial charge in [-0.2, -0.15) is 0 Å². The molecule has 2 heterocycles. The van der Waals surface area contributed by atoms with Gasteiger partial charge in [0.25, 0.3) is 0 Å². The largest absolute Gasteiger partial charge is 0.320 e. The number of anilines is 1. The second-order valence-corrected chi connectivity index (χ2v) is 6.48. The molecular formula is C16H26N4O. The highest BCUT2D eigenvalue weighted by molar-refractivity contribution is 5.91. The van der Waals surface area contributed by atoms with Crippen molar-refractivity contribution in [2.45, 2.75) is 51.0 Å². The Bertz CT molecular complexity index is 478. The van der Waals surface area contributed by atoms with Crippen molar-refractivity contribution < 1.29 is 4.79 Å². The van der Waals surface area contributed by atoms with E-state index in [2.05, 4.69) is 15.2 Å². The SMILES string of the molecule is Cn1ccnc1NC(=O)C1CCCN(C2CCCCC2)C1. The van der Waals surface area contributed by atoms with Crippen LogP contribution in [-0.4, -0.2) is 39.5 Å². The van der Waals surface area contributed by atoms with Crippen molar-refractivity contribution in [3.8, 4) is 0 Å². The van der Waals surface area contributed by atoms with Gasteiger partial charge in [0.05, 0.1) is 5.92 Å². The maximum atomic E-state index is 12.5. The molecule has 2 aliphatic rings. The minimum atomic E-state index is 0.109. The summed E-state index contributed by atoms with van der Waals surface area (Å²) >= 11 is 0. The van der Waals surface area contributed by atoms with Gasteiger partial charge in [-0.25, -0.2) is 4.98 Å². The Labute approximate surface area is 126 Å². The predicted octanol–water partition coefficient (Wildman–Crippen LogP) is 2.40. The molecule has 5 nitrogen and oxygen atoms in total. The molecule has 1 atom stereocenters. The summed E-state index contributed by atoms with van der Waals surface area (Å²) in [5, 5.41) is 2.97. The van der Waals surface area contributed by atoms with E-state index in [0.717, 1.165) is 25.9 Å². The molecule has 1 aliphatic carbocycles. The molecule has 0 bridgehead atoms. The zero-order valence-electron chi connectivity index (χ0n) is 12.9. The maximum Gasteiger partial charge on any atom is 0.231 e. The van der Waals surface area contributed by atoms with Crippen molar-refractivity contribution in [2.75, 3.05) is 18.4 Å². The first kappa shape index (κ1) is 14.6.